The van der Waals surface area contributed by atoms with Crippen LogP contribution >= 0.6 is 0 Å². The number of fused-ring (bicyclic) bond motifs is 5. The number of para-hydroxylation sites is 2. The van der Waals surface area contributed by atoms with E-state index in [4.69, 9.17) is 4.42 Å². The van der Waals surface area contributed by atoms with Crippen LogP contribution in [0.1, 0.15) is 0 Å². The molecule has 2 nitrogen and oxygen atoms in total. The highest BCUT2D eigenvalue weighted by Gasteiger charge is 2.22. The average molecular weight is 610 g/mol. The number of rotatable bonds is 3. The summed E-state index contributed by atoms with van der Waals surface area (Å²) in [5.74, 6) is 0. The summed E-state index contributed by atoms with van der Waals surface area (Å²) in [6.07, 6.45) is 0. The Hall–Kier alpha value is -6.38. The second-order valence-electron chi connectivity index (χ2n) is 12.8. The first-order valence-electron chi connectivity index (χ1n) is 16.5. The Labute approximate surface area is 276 Å². The zero-order valence-corrected chi connectivity index (χ0v) is 25.9. The minimum atomic E-state index is 0.939. The summed E-state index contributed by atoms with van der Waals surface area (Å²) in [4.78, 5) is 0. The van der Waals surface area contributed by atoms with E-state index in [1.807, 2.05) is 0 Å². The molecular formula is C46H27NO. The smallest absolute Gasteiger partial charge is 0.136 e. The van der Waals surface area contributed by atoms with Gasteiger partial charge >= 0.3 is 0 Å². The van der Waals surface area contributed by atoms with Crippen molar-refractivity contribution in [1.82, 2.24) is 4.57 Å². The number of aromatic nitrogens is 1. The van der Waals surface area contributed by atoms with Crippen LogP contribution in [0, 0.1) is 0 Å². The predicted octanol–water partition coefficient (Wildman–Crippen LogP) is 12.9. The molecule has 222 valence electrons. The molecule has 0 saturated carbocycles. The van der Waals surface area contributed by atoms with Gasteiger partial charge in [0.2, 0.25) is 0 Å². The van der Waals surface area contributed by atoms with Crippen LogP contribution in [-0.4, -0.2) is 4.57 Å². The molecule has 48 heavy (non-hydrogen) atoms. The molecule has 0 bridgehead atoms. The quantitative estimate of drug-likeness (QED) is 0.144. The highest BCUT2D eigenvalue weighted by atomic mass is 16.3. The molecule has 2 heterocycles. The minimum absolute atomic E-state index is 0.939. The van der Waals surface area contributed by atoms with Crippen LogP contribution in [0.4, 0.5) is 0 Å². The molecule has 0 unspecified atom stereocenters. The van der Waals surface area contributed by atoms with Crippen molar-refractivity contribution in [3.8, 4) is 27.9 Å². The molecule has 2 aromatic heterocycles. The van der Waals surface area contributed by atoms with Gasteiger partial charge in [-0.3, -0.25) is 0 Å². The molecule has 0 aliphatic carbocycles. The van der Waals surface area contributed by atoms with Crippen LogP contribution < -0.4 is 0 Å². The maximum absolute atomic E-state index is 6.35. The number of nitrogens with zero attached hydrogens (tertiary/aromatic N) is 1. The van der Waals surface area contributed by atoms with Crippen molar-refractivity contribution >= 4 is 76.1 Å². The predicted molar refractivity (Wildman–Crippen MR) is 203 cm³/mol. The SMILES string of the molecule is c1ccc(-n2c3ccccc3c3cc(-c4c5ccccc5c(-c5ccc6oc7cccc8ccc5c6c87)c5ccccc45)ccc32)cc1. The minimum Gasteiger partial charge on any atom is -0.456 e. The fraction of sp³-hybridized carbons (Fsp3) is 0. The molecule has 0 aliphatic heterocycles. The molecular weight excluding hydrogens is 583 g/mol. The first kappa shape index (κ1) is 25.8. The lowest BCUT2D eigenvalue weighted by Crippen LogP contribution is -1.93. The Morgan fingerprint density at radius 2 is 1.02 bits per heavy atom. The van der Waals surface area contributed by atoms with E-state index in [0.717, 1.165) is 11.2 Å². The summed E-state index contributed by atoms with van der Waals surface area (Å²) in [6, 6.07) is 59.6. The number of benzene rings is 9. The zero-order chi connectivity index (χ0) is 31.3. The molecule has 0 radical (unpaired) electrons. The average Bonchev–Trinajstić information content (AvgIpc) is 3.70. The molecule has 9 aromatic carbocycles. The number of hydrogen-bond donors (Lipinski definition) is 0. The van der Waals surface area contributed by atoms with E-state index in [9.17, 15) is 0 Å². The van der Waals surface area contributed by atoms with Gasteiger partial charge in [-0.2, -0.15) is 0 Å². The molecule has 11 rings (SSSR count). The molecule has 0 aliphatic rings. The van der Waals surface area contributed by atoms with Gasteiger partial charge in [-0.1, -0.05) is 115 Å². The second kappa shape index (κ2) is 9.57. The van der Waals surface area contributed by atoms with Crippen molar-refractivity contribution in [1.29, 1.82) is 0 Å². The highest BCUT2D eigenvalue weighted by Crippen LogP contribution is 2.48. The van der Waals surface area contributed by atoms with Gasteiger partial charge in [-0.05, 0) is 103 Å². The largest absolute Gasteiger partial charge is 0.456 e. The van der Waals surface area contributed by atoms with Gasteiger partial charge in [-0.25, -0.2) is 0 Å². The van der Waals surface area contributed by atoms with Crippen LogP contribution in [-0.2, 0) is 0 Å². The highest BCUT2D eigenvalue weighted by molar-refractivity contribution is 6.29. The van der Waals surface area contributed by atoms with Crippen molar-refractivity contribution in [3.63, 3.8) is 0 Å². The Balaban J connectivity index is 1.23. The summed E-state index contributed by atoms with van der Waals surface area (Å²) in [5, 5.41) is 12.4. The molecule has 0 spiro atoms. The maximum atomic E-state index is 6.35. The molecule has 0 atom stereocenters. The van der Waals surface area contributed by atoms with E-state index in [1.165, 1.54) is 92.8 Å². The Morgan fingerprint density at radius 3 is 1.79 bits per heavy atom. The summed E-state index contributed by atoms with van der Waals surface area (Å²) in [6.45, 7) is 0. The Bertz CT molecular complexity index is 2990. The third-order valence-electron chi connectivity index (χ3n) is 10.3. The van der Waals surface area contributed by atoms with Crippen molar-refractivity contribution < 1.29 is 4.42 Å². The van der Waals surface area contributed by atoms with Crippen molar-refractivity contribution in [2.45, 2.75) is 0 Å². The first-order valence-corrected chi connectivity index (χ1v) is 16.5. The van der Waals surface area contributed by atoms with Gasteiger partial charge in [0.15, 0.2) is 0 Å². The topological polar surface area (TPSA) is 18.1 Å². The molecule has 0 N–H and O–H groups in total. The van der Waals surface area contributed by atoms with E-state index in [1.54, 1.807) is 0 Å². The van der Waals surface area contributed by atoms with Gasteiger partial charge in [0.25, 0.3) is 0 Å². The summed E-state index contributed by atoms with van der Waals surface area (Å²) < 4.78 is 8.73. The number of furan rings is 1. The van der Waals surface area contributed by atoms with Crippen LogP contribution in [0.2, 0.25) is 0 Å². The third kappa shape index (κ3) is 3.41. The second-order valence-corrected chi connectivity index (χ2v) is 12.8. The number of hydrogen-bond acceptors (Lipinski definition) is 1. The summed E-state index contributed by atoms with van der Waals surface area (Å²) >= 11 is 0. The van der Waals surface area contributed by atoms with Crippen molar-refractivity contribution in [2.24, 2.45) is 0 Å². The van der Waals surface area contributed by atoms with Crippen LogP contribution in [0.3, 0.4) is 0 Å². The van der Waals surface area contributed by atoms with Crippen LogP contribution in [0.25, 0.3) is 104 Å². The molecule has 0 saturated heterocycles. The van der Waals surface area contributed by atoms with E-state index >= 15 is 0 Å². The Kier molecular flexibility index (Phi) is 5.14. The maximum Gasteiger partial charge on any atom is 0.136 e. The van der Waals surface area contributed by atoms with E-state index in [0.29, 0.717) is 0 Å². The summed E-state index contributed by atoms with van der Waals surface area (Å²) in [7, 11) is 0. The fourth-order valence-corrected chi connectivity index (χ4v) is 8.38. The fourth-order valence-electron chi connectivity index (χ4n) is 8.38. The van der Waals surface area contributed by atoms with Crippen LogP contribution in [0.5, 0.6) is 0 Å². The molecule has 0 amide bonds. The van der Waals surface area contributed by atoms with Crippen LogP contribution in [0.15, 0.2) is 168 Å². The van der Waals surface area contributed by atoms with E-state index in [2.05, 4.69) is 168 Å². The van der Waals surface area contributed by atoms with Gasteiger partial charge in [0.05, 0.1) is 11.0 Å². The lowest BCUT2D eigenvalue weighted by Gasteiger charge is -2.19. The molecule has 2 heteroatoms. The van der Waals surface area contributed by atoms with Gasteiger partial charge < -0.3 is 8.98 Å². The standard InChI is InChI=1S/C46H27NO/c1-2-12-30(13-3-1)47-39-19-9-8-14-31(39)38-27-29(22-25-40(38)47)43-32-15-4-6-17-34(32)45(35-18-7-5-16-33(35)43)36-24-26-42-46-37(36)23-21-28-11-10-20-41(48-42)44(28)46/h1-27H. The molecule has 11 aromatic rings. The third-order valence-corrected chi connectivity index (χ3v) is 10.3. The van der Waals surface area contributed by atoms with Gasteiger partial charge in [-0.15, -0.1) is 0 Å². The van der Waals surface area contributed by atoms with E-state index < -0.39 is 0 Å². The first-order chi connectivity index (χ1) is 23.8. The Morgan fingerprint density at radius 1 is 0.375 bits per heavy atom. The van der Waals surface area contributed by atoms with Gasteiger partial charge in [0.1, 0.15) is 11.2 Å². The van der Waals surface area contributed by atoms with Gasteiger partial charge in [0, 0.05) is 27.2 Å². The van der Waals surface area contributed by atoms with Crippen molar-refractivity contribution in [3.05, 3.63) is 164 Å². The van der Waals surface area contributed by atoms with E-state index in [-0.39, 0.29) is 0 Å². The van der Waals surface area contributed by atoms with Crippen molar-refractivity contribution in [2.75, 3.05) is 0 Å². The lowest BCUT2D eigenvalue weighted by molar-refractivity contribution is 0.669. The summed E-state index contributed by atoms with van der Waals surface area (Å²) in [5.41, 5.74) is 10.5. The monoisotopic (exact) mass is 609 g/mol. The molecule has 0 fully saturated rings. The zero-order valence-electron chi connectivity index (χ0n) is 25.9. The lowest BCUT2D eigenvalue weighted by atomic mass is 9.84. The normalized spacial score (nSPS) is 12.2.